The van der Waals surface area contributed by atoms with E-state index >= 15 is 51.1 Å². The molecule has 12 atom stereocenters. The average molecular weight is 1580 g/mol. The summed E-state index contributed by atoms with van der Waals surface area (Å²) in [7, 11) is 9.19. The van der Waals surface area contributed by atoms with Gasteiger partial charge in [-0.3, -0.25) is 52.7 Å². The molecule has 624 valence electrons. The van der Waals surface area contributed by atoms with Crippen LogP contribution in [0.1, 0.15) is 182 Å². The normalized spacial score (nSPS) is 32.3. The smallest absolute Gasteiger partial charge is 0.382 e. The van der Waals surface area contributed by atoms with E-state index in [1.165, 1.54) is 59.2 Å². The third-order valence-electron chi connectivity index (χ3n) is 24.6. The zero-order valence-electron chi connectivity index (χ0n) is 65.7. The van der Waals surface area contributed by atoms with Gasteiger partial charge in [0.15, 0.2) is 0 Å². The largest absolute Gasteiger partial charge is 0.397 e. The lowest BCUT2D eigenvalue weighted by molar-refractivity contribution is -0.219. The monoisotopic (exact) mass is 1580 g/mol. The number of carbonyl (C=O) groups is 11. The fourth-order valence-electron chi connectivity index (χ4n) is 17.8. The first kappa shape index (κ1) is 90.3. The number of hydrogen-bond acceptors (Lipinski definition) is 13. The summed E-state index contributed by atoms with van der Waals surface area (Å²) in [4.78, 5) is 176. The molecule has 34 heteroatoms. The van der Waals surface area contributed by atoms with Crippen LogP contribution in [0.3, 0.4) is 0 Å². The van der Waals surface area contributed by atoms with Crippen LogP contribution >= 0.6 is 0 Å². The van der Waals surface area contributed by atoms with Crippen LogP contribution in [-0.4, -0.2) is 284 Å². The van der Waals surface area contributed by atoms with E-state index in [4.69, 9.17) is 9.47 Å². The van der Waals surface area contributed by atoms with Gasteiger partial charge >= 0.3 is 12.4 Å². The highest BCUT2D eigenvalue weighted by molar-refractivity contribution is 6.00. The van der Waals surface area contributed by atoms with E-state index < -0.39 is 249 Å². The average Bonchev–Trinajstić information content (AvgIpc) is 0.940. The number of ether oxygens (including phenoxy) is 2. The maximum Gasteiger partial charge on any atom is 0.397 e. The van der Waals surface area contributed by atoms with Gasteiger partial charge in [0.1, 0.15) is 66.1 Å². The summed E-state index contributed by atoms with van der Waals surface area (Å²) >= 11 is 0. The molecule has 11 amide bonds. The molecule has 3 aliphatic heterocycles. The number of halogens is 10. The Kier molecular flexibility index (Phi) is 31.8. The molecule has 3 heterocycles. The SMILES string of the molecule is CCO[C@@H]1C[C@H]2C(=O)NC3(CC(F)(F)C3)C(=O)N(C)[C@@H](C(CC)CC)C(=O)N(C)[C@@H](C3CCCCC3)CC(=O)N(C)[C@@H](COC)C(=O)N[C@@H]([C@@H](C)CC)C(=O)N(C)CC(=O)N(C)[C@H]3C/C=C\CCN(C3=O)[C@@H](CC3CCC(C(F)(F)F)CC3)C(=O)N(C)CC(=O)N[C@@H](CCC3CC(F)C(C(F)(F)F)C(F)C3)C(=O)N2C1. The van der Waals surface area contributed by atoms with Crippen molar-refractivity contribution in [2.45, 2.75) is 273 Å². The number of likely N-dealkylation sites (N-methyl/N-ethyl adjacent to an activating group) is 6. The van der Waals surface area contributed by atoms with Crippen LogP contribution in [-0.2, 0) is 62.2 Å². The molecule has 24 nitrogen and oxygen atoms in total. The molecule has 2 bridgehead atoms. The molecule has 7 rings (SSSR count). The highest BCUT2D eigenvalue weighted by Crippen LogP contribution is 2.49. The van der Waals surface area contributed by atoms with E-state index in [0.29, 0.717) is 19.3 Å². The van der Waals surface area contributed by atoms with Crippen LogP contribution < -0.4 is 16.0 Å². The highest BCUT2D eigenvalue weighted by Gasteiger charge is 2.64. The molecule has 7 aliphatic rings. The predicted molar refractivity (Wildman–Crippen MR) is 384 cm³/mol. The van der Waals surface area contributed by atoms with Gasteiger partial charge in [0, 0.05) is 101 Å². The summed E-state index contributed by atoms with van der Waals surface area (Å²) < 4.78 is 158. The molecule has 0 aromatic rings. The first-order chi connectivity index (χ1) is 51.6. The standard InChI is InChI=1S/C76H117F10N11O13/c1-13-44(5)63-70(106)91(7)40-61(100)92(8)54-25-21-18-22-32-96(69(54)105)57(35-45-26-29-49(30-27-45)75(81,82)83)68(104)90(6)39-59(98)87-53(31-28-46-33-51(77)62(52(78)34-46)76(84,85)86)67(103)97-38-50(110-16-4)36-56(97)66(102)89-73(42-74(79,80)43-73)72(108)95(11)64(47(14-2)15-3)71(107)94(10)55(48-23-19-17-20-24-48)37-60(99)93(9)58(41-109-12)65(101)88-63/h18,21,44-58,62-64H,13-17,19-20,22-43H2,1-12H3,(H,87,98)(H,88,101)(H,89,102)/b21-18-/t44-,45?,46?,49?,50+,51?,52?,53-,54-,55+,56-,57-,58-,62?,63-,64-/m0/s1. The molecule has 2 saturated heterocycles. The summed E-state index contributed by atoms with van der Waals surface area (Å²) in [5.74, 6) is -21.3. The van der Waals surface area contributed by atoms with Crippen molar-refractivity contribution in [2.24, 2.45) is 41.4 Å². The number of amides is 11. The van der Waals surface area contributed by atoms with E-state index in [2.05, 4.69) is 16.0 Å². The van der Waals surface area contributed by atoms with Crippen LogP contribution in [0, 0.1) is 41.4 Å². The summed E-state index contributed by atoms with van der Waals surface area (Å²) in [6, 6.07) is -11.5. The molecule has 0 aromatic carbocycles. The van der Waals surface area contributed by atoms with Crippen molar-refractivity contribution in [3.8, 4) is 0 Å². The molecule has 2 unspecified atom stereocenters. The van der Waals surface area contributed by atoms with E-state index in [-0.39, 0.29) is 96.3 Å². The zero-order chi connectivity index (χ0) is 81.8. The second kappa shape index (κ2) is 38.8. The van der Waals surface area contributed by atoms with Crippen molar-refractivity contribution in [1.82, 2.24) is 55.1 Å². The van der Waals surface area contributed by atoms with Gasteiger partial charge in [-0.1, -0.05) is 78.4 Å². The van der Waals surface area contributed by atoms with Crippen LogP contribution in [0.4, 0.5) is 43.9 Å². The summed E-state index contributed by atoms with van der Waals surface area (Å²) in [5.41, 5.74) is -2.45. The van der Waals surface area contributed by atoms with Crippen LogP contribution in [0.2, 0.25) is 0 Å². The number of carbonyl (C=O) groups excluding carboxylic acids is 11. The van der Waals surface area contributed by atoms with Crippen molar-refractivity contribution >= 4 is 65.0 Å². The minimum absolute atomic E-state index is 0.00206. The van der Waals surface area contributed by atoms with Crippen LogP contribution in [0.15, 0.2) is 12.2 Å². The molecule has 6 fully saturated rings. The van der Waals surface area contributed by atoms with Gasteiger partial charge in [0.25, 0.3) is 5.92 Å². The summed E-state index contributed by atoms with van der Waals surface area (Å²) in [6.45, 7) is 5.96. The third-order valence-corrected chi connectivity index (χ3v) is 24.6. The number of nitrogens with zero attached hydrogens (tertiary/aromatic N) is 8. The Morgan fingerprint density at radius 1 is 0.609 bits per heavy atom. The Bertz CT molecular complexity index is 3230. The number of rotatable bonds is 15. The fourth-order valence-corrected chi connectivity index (χ4v) is 17.8. The second-order valence-electron chi connectivity index (χ2n) is 32.1. The van der Waals surface area contributed by atoms with Crippen LogP contribution in [0.25, 0.3) is 0 Å². The van der Waals surface area contributed by atoms with Crippen molar-refractivity contribution in [2.75, 3.05) is 88.8 Å². The molecule has 1 spiro atoms. The number of methoxy groups -OCH3 is 1. The molecule has 3 N–H and O–H groups in total. The van der Waals surface area contributed by atoms with Crippen LogP contribution in [0.5, 0.6) is 0 Å². The first-order valence-corrected chi connectivity index (χ1v) is 39.2. The van der Waals surface area contributed by atoms with Gasteiger partial charge < -0.3 is 64.6 Å². The van der Waals surface area contributed by atoms with Crippen molar-refractivity contribution in [1.29, 1.82) is 0 Å². The zero-order valence-corrected chi connectivity index (χ0v) is 65.7. The van der Waals surface area contributed by atoms with E-state index in [1.54, 1.807) is 46.8 Å². The van der Waals surface area contributed by atoms with Gasteiger partial charge in [-0.25, -0.2) is 17.6 Å². The molecule has 0 radical (unpaired) electrons. The van der Waals surface area contributed by atoms with E-state index in [0.717, 1.165) is 48.7 Å². The second-order valence-corrected chi connectivity index (χ2v) is 32.1. The predicted octanol–water partition coefficient (Wildman–Crippen LogP) is 7.93. The topological polar surface area (TPSA) is 268 Å². The van der Waals surface area contributed by atoms with Gasteiger partial charge in [0.2, 0.25) is 65.0 Å². The minimum Gasteiger partial charge on any atom is -0.382 e. The minimum atomic E-state index is -5.25. The van der Waals surface area contributed by atoms with E-state index in [1.807, 2.05) is 0 Å². The molecular weight excluding hydrogens is 1460 g/mol. The van der Waals surface area contributed by atoms with Gasteiger partial charge in [0.05, 0.1) is 31.7 Å². The Morgan fingerprint density at radius 3 is 1.79 bits per heavy atom. The molecule has 4 saturated carbocycles. The Balaban J connectivity index is 1.34. The van der Waals surface area contributed by atoms with Gasteiger partial charge in [-0.15, -0.1) is 0 Å². The maximum atomic E-state index is 15.8. The molecule has 110 heavy (non-hydrogen) atoms. The fraction of sp³-hybridized carbons (Fsp3) is 0.829. The van der Waals surface area contributed by atoms with Gasteiger partial charge in [-0.2, -0.15) is 26.3 Å². The first-order valence-electron chi connectivity index (χ1n) is 39.2. The van der Waals surface area contributed by atoms with Crippen molar-refractivity contribution < 1.29 is 106 Å². The number of hydrogen-bond donors (Lipinski definition) is 3. The number of alkyl halides is 10. The summed E-state index contributed by atoms with van der Waals surface area (Å²) in [5, 5.41) is 7.91. The Hall–Kier alpha value is -6.87. The number of fused-ring (bicyclic) bond motifs is 3. The molecular formula is C76H117F10N11O13. The third kappa shape index (κ3) is 21.9. The van der Waals surface area contributed by atoms with E-state index in [9.17, 15) is 45.5 Å². The molecule has 4 aliphatic carbocycles. The van der Waals surface area contributed by atoms with Gasteiger partial charge in [-0.05, 0) is 120 Å². The lowest BCUT2D eigenvalue weighted by atomic mass is 9.71. The Labute approximate surface area is 639 Å². The Morgan fingerprint density at radius 2 is 1.23 bits per heavy atom. The summed E-state index contributed by atoms with van der Waals surface area (Å²) in [6.07, 6.45) is -15.4. The maximum absolute atomic E-state index is 15.8. The number of nitrogens with one attached hydrogen (secondary N) is 3. The molecule has 0 aromatic heterocycles. The lowest BCUT2D eigenvalue weighted by Gasteiger charge is -2.50. The van der Waals surface area contributed by atoms with Crippen molar-refractivity contribution in [3.05, 3.63) is 12.2 Å². The quantitative estimate of drug-likeness (QED) is 0.104. The lowest BCUT2D eigenvalue weighted by Crippen LogP contribution is -2.72. The van der Waals surface area contributed by atoms with Crippen molar-refractivity contribution in [3.63, 3.8) is 0 Å². The highest BCUT2D eigenvalue weighted by atomic mass is 19.4.